The van der Waals surface area contributed by atoms with Crippen molar-refractivity contribution in [2.24, 2.45) is 0 Å². The van der Waals surface area contributed by atoms with E-state index in [4.69, 9.17) is 22.1 Å². The summed E-state index contributed by atoms with van der Waals surface area (Å²) in [7, 11) is 0. The minimum Gasteiger partial charge on any atom is -0.192 e. The highest BCUT2D eigenvalue weighted by Gasteiger charge is 2.21. The first kappa shape index (κ1) is 8.80. The molecule has 0 N–H and O–H groups in total. The van der Waals surface area contributed by atoms with Crippen molar-refractivity contribution in [3.63, 3.8) is 0 Å². The van der Waals surface area contributed by atoms with Crippen LogP contribution in [-0.2, 0) is 0 Å². The summed E-state index contributed by atoms with van der Waals surface area (Å²) in [5.74, 6) is 0.772. The number of halogens is 1. The normalized spacial score (nSPS) is 22.5. The second kappa shape index (κ2) is 3.92. The van der Waals surface area contributed by atoms with Gasteiger partial charge in [-0.3, -0.25) is 0 Å². The van der Waals surface area contributed by atoms with Crippen molar-refractivity contribution in [3.8, 4) is 12.1 Å². The number of hydrogen-bond acceptors (Lipinski definition) is 4. The first-order valence-electron chi connectivity index (χ1n) is 2.76. The summed E-state index contributed by atoms with van der Waals surface area (Å²) in [4.78, 5) is 0. The number of allylic oxidation sites excluding steroid dienone is 1. The van der Waals surface area contributed by atoms with E-state index < -0.39 is 0 Å². The lowest BCUT2D eigenvalue weighted by Crippen LogP contribution is -1.83. The molecule has 0 saturated carbocycles. The molecule has 0 aliphatic carbocycles. The van der Waals surface area contributed by atoms with Gasteiger partial charge >= 0.3 is 0 Å². The van der Waals surface area contributed by atoms with Gasteiger partial charge in [-0.05, 0) is 0 Å². The quantitative estimate of drug-likeness (QED) is 0.447. The third-order valence-electron chi connectivity index (χ3n) is 1.01. The fourth-order valence-corrected chi connectivity index (χ4v) is 3.45. The van der Waals surface area contributed by atoms with Crippen LogP contribution in [0.3, 0.4) is 0 Å². The molecule has 1 atom stereocenters. The molecule has 56 valence electrons. The van der Waals surface area contributed by atoms with Crippen LogP contribution in [0.15, 0.2) is 9.81 Å². The Morgan fingerprint density at radius 3 is 2.55 bits per heavy atom. The predicted molar refractivity (Wildman–Crippen MR) is 47.9 cm³/mol. The Labute approximate surface area is 78.2 Å². The van der Waals surface area contributed by atoms with Gasteiger partial charge in [-0.25, -0.2) is 0 Å². The second-order valence-corrected chi connectivity index (χ2v) is 5.01. The zero-order chi connectivity index (χ0) is 8.27. The molecule has 0 aromatic heterocycles. The number of hydrogen-bond donors (Lipinski definition) is 0. The molecular formula is C6H3ClN2S2. The number of thioether (sulfide) groups is 2. The topological polar surface area (TPSA) is 47.6 Å². The Balaban J connectivity index is 2.83. The largest absolute Gasteiger partial charge is 0.192 e. The van der Waals surface area contributed by atoms with E-state index in [1.165, 1.54) is 23.5 Å². The minimum atomic E-state index is 0.00620. The second-order valence-electron chi connectivity index (χ2n) is 1.72. The van der Waals surface area contributed by atoms with E-state index in [2.05, 4.69) is 0 Å². The van der Waals surface area contributed by atoms with Gasteiger partial charge in [-0.2, -0.15) is 10.5 Å². The third-order valence-corrected chi connectivity index (χ3v) is 4.27. The summed E-state index contributed by atoms with van der Waals surface area (Å²) >= 11 is 8.61. The van der Waals surface area contributed by atoms with Gasteiger partial charge in [0, 0.05) is 5.75 Å². The van der Waals surface area contributed by atoms with Gasteiger partial charge in [0.1, 0.15) is 17.7 Å². The highest BCUT2D eigenvalue weighted by Crippen LogP contribution is 2.44. The summed E-state index contributed by atoms with van der Waals surface area (Å²) in [6.07, 6.45) is 0. The zero-order valence-electron chi connectivity index (χ0n) is 5.37. The summed E-state index contributed by atoms with van der Waals surface area (Å²) < 4.78 is 0.765. The average molecular weight is 203 g/mol. The molecule has 0 amide bonds. The third kappa shape index (κ3) is 2.07. The molecule has 0 aromatic carbocycles. The van der Waals surface area contributed by atoms with Gasteiger partial charge in [0.05, 0.1) is 8.95 Å². The van der Waals surface area contributed by atoms with Crippen molar-refractivity contribution >= 4 is 35.1 Å². The van der Waals surface area contributed by atoms with Crippen LogP contribution in [0.5, 0.6) is 0 Å². The Kier molecular flexibility index (Phi) is 3.14. The van der Waals surface area contributed by atoms with Crippen LogP contribution in [0.1, 0.15) is 0 Å². The van der Waals surface area contributed by atoms with E-state index in [1.54, 1.807) is 0 Å². The minimum absolute atomic E-state index is 0.00620. The number of nitriles is 2. The summed E-state index contributed by atoms with van der Waals surface area (Å²) in [6, 6.07) is 3.66. The van der Waals surface area contributed by atoms with Gasteiger partial charge in [-0.15, -0.1) is 23.4 Å². The van der Waals surface area contributed by atoms with E-state index in [-0.39, 0.29) is 10.3 Å². The Morgan fingerprint density at radius 2 is 2.18 bits per heavy atom. The van der Waals surface area contributed by atoms with E-state index in [1.807, 2.05) is 12.1 Å². The molecule has 1 fully saturated rings. The molecule has 0 aromatic rings. The fraction of sp³-hybridized carbons (Fsp3) is 0.333. The molecule has 0 bridgehead atoms. The first-order valence-corrected chi connectivity index (χ1v) is 5.06. The predicted octanol–water partition coefficient (Wildman–Crippen LogP) is 2.29. The standard InChI is InChI=1S/C6H3ClN2S2/c7-5-3-10-6(11-5)4(1-8)2-9/h5H,3H2. The molecule has 1 unspecified atom stereocenters. The van der Waals surface area contributed by atoms with Crippen molar-refractivity contribution in [1.82, 2.24) is 0 Å². The number of rotatable bonds is 0. The molecular weight excluding hydrogens is 200 g/mol. The maximum atomic E-state index is 8.47. The molecule has 1 rings (SSSR count). The maximum Gasteiger partial charge on any atom is 0.149 e. The Hall–Kier alpha value is -0.290. The first-order chi connectivity index (χ1) is 5.27. The van der Waals surface area contributed by atoms with Crippen molar-refractivity contribution in [2.45, 2.75) is 4.71 Å². The lowest BCUT2D eigenvalue weighted by atomic mass is 10.4. The van der Waals surface area contributed by atoms with Crippen molar-refractivity contribution in [2.75, 3.05) is 5.75 Å². The zero-order valence-corrected chi connectivity index (χ0v) is 7.76. The van der Waals surface area contributed by atoms with Crippen LogP contribution in [0.4, 0.5) is 0 Å². The summed E-state index contributed by atoms with van der Waals surface area (Å²) in [5, 5.41) is 16.9. The fourth-order valence-electron chi connectivity index (χ4n) is 0.573. The van der Waals surface area contributed by atoms with E-state index >= 15 is 0 Å². The molecule has 5 heteroatoms. The summed E-state index contributed by atoms with van der Waals surface area (Å²) in [5.41, 5.74) is 0.183. The van der Waals surface area contributed by atoms with E-state index in [0.29, 0.717) is 0 Å². The SMILES string of the molecule is N#CC(C#N)=C1SCC(Cl)S1. The molecule has 0 radical (unpaired) electrons. The van der Waals surface area contributed by atoms with Crippen LogP contribution >= 0.6 is 35.1 Å². The van der Waals surface area contributed by atoms with Crippen molar-refractivity contribution < 1.29 is 0 Å². The summed E-state index contributed by atoms with van der Waals surface area (Å²) in [6.45, 7) is 0. The van der Waals surface area contributed by atoms with Crippen molar-refractivity contribution in [3.05, 3.63) is 9.81 Å². The average Bonchev–Trinajstić information content (AvgIpc) is 2.39. The molecule has 1 saturated heterocycles. The number of alkyl halides is 1. The van der Waals surface area contributed by atoms with Crippen molar-refractivity contribution in [1.29, 1.82) is 10.5 Å². The highest BCUT2D eigenvalue weighted by atomic mass is 35.5. The molecule has 0 spiro atoms. The molecule has 1 aliphatic heterocycles. The molecule has 11 heavy (non-hydrogen) atoms. The van der Waals surface area contributed by atoms with Gasteiger partial charge < -0.3 is 0 Å². The van der Waals surface area contributed by atoms with Gasteiger partial charge in [0.25, 0.3) is 0 Å². The van der Waals surface area contributed by atoms with E-state index in [9.17, 15) is 0 Å². The van der Waals surface area contributed by atoms with Crippen LogP contribution in [0.2, 0.25) is 0 Å². The highest BCUT2D eigenvalue weighted by molar-refractivity contribution is 8.26. The van der Waals surface area contributed by atoms with Crippen LogP contribution in [-0.4, -0.2) is 10.5 Å². The monoisotopic (exact) mass is 202 g/mol. The maximum absolute atomic E-state index is 8.47. The Bertz CT molecular complexity index is 257. The van der Waals surface area contributed by atoms with Gasteiger partial charge in [0.2, 0.25) is 0 Å². The van der Waals surface area contributed by atoms with E-state index in [0.717, 1.165) is 9.99 Å². The molecule has 1 heterocycles. The van der Waals surface area contributed by atoms with Crippen LogP contribution in [0.25, 0.3) is 0 Å². The van der Waals surface area contributed by atoms with Crippen LogP contribution in [0, 0.1) is 22.7 Å². The number of nitrogens with zero attached hydrogens (tertiary/aromatic N) is 2. The smallest absolute Gasteiger partial charge is 0.149 e. The lowest BCUT2D eigenvalue weighted by Gasteiger charge is -1.91. The van der Waals surface area contributed by atoms with Gasteiger partial charge in [0.15, 0.2) is 0 Å². The Morgan fingerprint density at radius 1 is 1.55 bits per heavy atom. The van der Waals surface area contributed by atoms with Crippen LogP contribution < -0.4 is 0 Å². The molecule has 1 aliphatic rings. The lowest BCUT2D eigenvalue weighted by molar-refractivity contribution is 1.46. The molecule has 2 nitrogen and oxygen atoms in total. The van der Waals surface area contributed by atoms with Gasteiger partial charge in [-0.1, -0.05) is 11.8 Å².